The van der Waals surface area contributed by atoms with Crippen molar-refractivity contribution in [2.75, 3.05) is 38.3 Å². The van der Waals surface area contributed by atoms with Gasteiger partial charge in [0.2, 0.25) is 0 Å². The number of aromatic nitrogens is 3. The zero-order chi connectivity index (χ0) is 20.5. The van der Waals surface area contributed by atoms with Gasteiger partial charge in [0.05, 0.1) is 28.8 Å². The number of para-hydroxylation sites is 1. The van der Waals surface area contributed by atoms with Crippen molar-refractivity contribution in [3.05, 3.63) is 54.9 Å². The third kappa shape index (κ3) is 3.46. The molecule has 4 aromatic rings. The second kappa shape index (κ2) is 7.93. The minimum Gasteiger partial charge on any atom is -0.491 e. The summed E-state index contributed by atoms with van der Waals surface area (Å²) in [7, 11) is 1.66. The number of nitrogens with two attached hydrogens (primary N) is 1. The SMILES string of the molecule is COCCOc1ccc2c(c1)ncn2-c1ccc2cccc(N3CC[C@H](N)C3)c2n1. The zero-order valence-electron chi connectivity index (χ0n) is 17.0. The Morgan fingerprint density at radius 3 is 2.90 bits per heavy atom. The second-order valence-electron chi connectivity index (χ2n) is 7.62. The second-order valence-corrected chi connectivity index (χ2v) is 7.62. The molecule has 3 heterocycles. The Hall–Kier alpha value is -3.16. The number of ether oxygens (including phenoxy) is 2. The minimum absolute atomic E-state index is 0.223. The molecule has 2 N–H and O–H groups in total. The number of benzene rings is 2. The minimum atomic E-state index is 0.223. The first-order valence-electron chi connectivity index (χ1n) is 10.2. The fraction of sp³-hybridized carbons (Fsp3) is 0.304. The van der Waals surface area contributed by atoms with Gasteiger partial charge in [-0.15, -0.1) is 0 Å². The summed E-state index contributed by atoms with van der Waals surface area (Å²) < 4.78 is 12.8. The van der Waals surface area contributed by atoms with E-state index in [1.807, 2.05) is 35.2 Å². The van der Waals surface area contributed by atoms with E-state index in [1.165, 1.54) is 0 Å². The van der Waals surface area contributed by atoms with Crippen LogP contribution in [0.5, 0.6) is 5.75 Å². The average Bonchev–Trinajstić information content (AvgIpc) is 3.39. The molecule has 1 fully saturated rings. The van der Waals surface area contributed by atoms with E-state index >= 15 is 0 Å². The van der Waals surface area contributed by atoms with Crippen LogP contribution < -0.4 is 15.4 Å². The molecule has 0 spiro atoms. The molecular weight excluding hydrogens is 378 g/mol. The van der Waals surface area contributed by atoms with Gasteiger partial charge in [0, 0.05) is 37.7 Å². The highest BCUT2D eigenvalue weighted by atomic mass is 16.5. The van der Waals surface area contributed by atoms with E-state index in [1.54, 1.807) is 7.11 Å². The van der Waals surface area contributed by atoms with Crippen molar-refractivity contribution < 1.29 is 9.47 Å². The van der Waals surface area contributed by atoms with Crippen LogP contribution in [0.1, 0.15) is 6.42 Å². The molecule has 2 aromatic carbocycles. The number of pyridine rings is 1. The summed E-state index contributed by atoms with van der Waals surface area (Å²) in [4.78, 5) is 11.9. The first kappa shape index (κ1) is 18.8. The van der Waals surface area contributed by atoms with Crippen molar-refractivity contribution >= 4 is 27.6 Å². The van der Waals surface area contributed by atoms with E-state index in [-0.39, 0.29) is 6.04 Å². The molecule has 0 unspecified atom stereocenters. The Morgan fingerprint density at radius 2 is 2.07 bits per heavy atom. The van der Waals surface area contributed by atoms with E-state index in [2.05, 4.69) is 34.1 Å². The third-order valence-corrected chi connectivity index (χ3v) is 5.57. The highest BCUT2D eigenvalue weighted by Gasteiger charge is 2.21. The maximum atomic E-state index is 6.13. The third-order valence-electron chi connectivity index (χ3n) is 5.57. The molecule has 5 rings (SSSR count). The van der Waals surface area contributed by atoms with E-state index in [9.17, 15) is 0 Å². The number of nitrogens with zero attached hydrogens (tertiary/aromatic N) is 4. The molecule has 7 heteroatoms. The number of anilines is 1. The van der Waals surface area contributed by atoms with E-state index < -0.39 is 0 Å². The van der Waals surface area contributed by atoms with E-state index in [0.717, 1.165) is 58.7 Å². The molecule has 2 aromatic heterocycles. The lowest BCUT2D eigenvalue weighted by Crippen LogP contribution is -2.26. The standard InChI is InChI=1S/C23H25N5O2/c1-29-11-12-30-18-6-7-20-19(13-18)25-15-28(20)22-8-5-16-3-2-4-21(23(16)26-22)27-10-9-17(24)14-27/h2-8,13,15,17H,9-12,14,24H2,1H3/t17-/m0/s1. The van der Waals surface area contributed by atoms with Gasteiger partial charge in [0.15, 0.2) is 0 Å². The van der Waals surface area contributed by atoms with Crippen molar-refractivity contribution in [1.29, 1.82) is 0 Å². The van der Waals surface area contributed by atoms with Crippen LogP contribution in [0, 0.1) is 0 Å². The summed E-state index contributed by atoms with van der Waals surface area (Å²) >= 11 is 0. The predicted octanol–water partition coefficient (Wildman–Crippen LogP) is 3.14. The molecule has 1 atom stereocenters. The molecule has 0 aliphatic carbocycles. The Labute approximate surface area is 175 Å². The van der Waals surface area contributed by atoms with Crippen LogP contribution in [0.15, 0.2) is 54.9 Å². The number of fused-ring (bicyclic) bond motifs is 2. The number of hydrogen-bond acceptors (Lipinski definition) is 6. The fourth-order valence-electron chi connectivity index (χ4n) is 4.02. The summed E-state index contributed by atoms with van der Waals surface area (Å²) in [6.07, 6.45) is 2.82. The van der Waals surface area contributed by atoms with Crippen LogP contribution >= 0.6 is 0 Å². The molecule has 30 heavy (non-hydrogen) atoms. The summed E-state index contributed by atoms with van der Waals surface area (Å²) in [6, 6.07) is 16.6. The van der Waals surface area contributed by atoms with Crippen molar-refractivity contribution in [1.82, 2.24) is 14.5 Å². The van der Waals surface area contributed by atoms with Crippen molar-refractivity contribution in [3.8, 4) is 11.6 Å². The summed E-state index contributed by atoms with van der Waals surface area (Å²) in [5, 5.41) is 1.12. The van der Waals surface area contributed by atoms with E-state index in [4.69, 9.17) is 20.2 Å². The Morgan fingerprint density at radius 1 is 1.13 bits per heavy atom. The van der Waals surface area contributed by atoms with Crippen LogP contribution in [0.3, 0.4) is 0 Å². The lowest BCUT2D eigenvalue weighted by atomic mass is 10.1. The molecule has 0 bridgehead atoms. The number of imidazole rings is 1. The van der Waals surface area contributed by atoms with Gasteiger partial charge in [-0.25, -0.2) is 9.97 Å². The largest absolute Gasteiger partial charge is 0.491 e. The maximum absolute atomic E-state index is 6.13. The van der Waals surface area contributed by atoms with Gasteiger partial charge in [-0.2, -0.15) is 0 Å². The summed E-state index contributed by atoms with van der Waals surface area (Å²) in [5.41, 5.74) is 10.1. The normalized spacial score (nSPS) is 16.6. The van der Waals surface area contributed by atoms with Crippen molar-refractivity contribution in [2.24, 2.45) is 5.73 Å². The van der Waals surface area contributed by atoms with Crippen LogP contribution in [0.4, 0.5) is 5.69 Å². The molecule has 1 saturated heterocycles. The molecular formula is C23H25N5O2. The number of methoxy groups -OCH3 is 1. The van der Waals surface area contributed by atoms with Gasteiger partial charge >= 0.3 is 0 Å². The molecule has 1 aliphatic rings. The molecule has 154 valence electrons. The molecule has 0 amide bonds. The van der Waals surface area contributed by atoms with Gasteiger partial charge in [-0.1, -0.05) is 12.1 Å². The lowest BCUT2D eigenvalue weighted by Gasteiger charge is -2.20. The van der Waals surface area contributed by atoms with Crippen LogP contribution in [-0.4, -0.2) is 54.0 Å². The fourth-order valence-corrected chi connectivity index (χ4v) is 4.02. The summed E-state index contributed by atoms with van der Waals surface area (Å²) in [5.74, 6) is 1.62. The average molecular weight is 403 g/mol. The Bertz CT molecular complexity index is 1190. The molecule has 0 radical (unpaired) electrons. The predicted molar refractivity (Wildman–Crippen MR) is 119 cm³/mol. The Kier molecular flexibility index (Phi) is 4.98. The smallest absolute Gasteiger partial charge is 0.139 e. The van der Waals surface area contributed by atoms with Crippen LogP contribution in [0.2, 0.25) is 0 Å². The van der Waals surface area contributed by atoms with Gasteiger partial charge in [0.1, 0.15) is 24.5 Å². The van der Waals surface area contributed by atoms with Crippen LogP contribution in [-0.2, 0) is 4.74 Å². The number of rotatable bonds is 6. The van der Waals surface area contributed by atoms with Crippen LogP contribution in [0.25, 0.3) is 27.8 Å². The van der Waals surface area contributed by atoms with Gasteiger partial charge in [0.25, 0.3) is 0 Å². The first-order chi connectivity index (χ1) is 14.7. The zero-order valence-corrected chi connectivity index (χ0v) is 17.0. The maximum Gasteiger partial charge on any atom is 0.139 e. The monoisotopic (exact) mass is 403 g/mol. The van der Waals surface area contributed by atoms with Gasteiger partial charge in [-0.3, -0.25) is 4.57 Å². The van der Waals surface area contributed by atoms with Gasteiger partial charge < -0.3 is 20.1 Å². The van der Waals surface area contributed by atoms with Crippen molar-refractivity contribution in [2.45, 2.75) is 12.5 Å². The topological polar surface area (TPSA) is 78.4 Å². The highest BCUT2D eigenvalue weighted by Crippen LogP contribution is 2.30. The number of hydrogen-bond donors (Lipinski definition) is 1. The molecule has 0 saturated carbocycles. The van der Waals surface area contributed by atoms with Crippen molar-refractivity contribution in [3.63, 3.8) is 0 Å². The quantitative estimate of drug-likeness (QED) is 0.499. The molecule has 1 aliphatic heterocycles. The summed E-state index contributed by atoms with van der Waals surface area (Å²) in [6.45, 7) is 2.90. The van der Waals surface area contributed by atoms with Gasteiger partial charge in [-0.05, 0) is 36.8 Å². The Balaban J connectivity index is 1.52. The first-order valence-corrected chi connectivity index (χ1v) is 10.2. The highest BCUT2D eigenvalue weighted by molar-refractivity contribution is 5.92. The molecule has 7 nitrogen and oxygen atoms in total. The van der Waals surface area contributed by atoms with E-state index in [0.29, 0.717) is 13.2 Å². The lowest BCUT2D eigenvalue weighted by molar-refractivity contribution is 0.146.